The minimum absolute atomic E-state index is 0.0507. The van der Waals surface area contributed by atoms with Crippen LogP contribution < -0.4 is 10.2 Å². The van der Waals surface area contributed by atoms with Gasteiger partial charge in [-0.3, -0.25) is 0 Å². The molecule has 0 radical (unpaired) electrons. The quantitative estimate of drug-likeness (QED) is 0.906. The maximum absolute atomic E-state index is 12.5. The summed E-state index contributed by atoms with van der Waals surface area (Å²) in [5, 5.41) is 10.2. The molecular formula is C12H17F3N4O. The minimum atomic E-state index is -4.46. The Morgan fingerprint density at radius 1 is 1.40 bits per heavy atom. The second kappa shape index (κ2) is 6.36. The molecule has 112 valence electrons. The van der Waals surface area contributed by atoms with Crippen molar-refractivity contribution < 1.29 is 17.9 Å². The normalized spacial score (nSPS) is 20.2. The monoisotopic (exact) mass is 290 g/mol. The van der Waals surface area contributed by atoms with Crippen LogP contribution >= 0.6 is 0 Å². The first-order valence-corrected chi connectivity index (χ1v) is 6.48. The number of morpholine rings is 1. The summed E-state index contributed by atoms with van der Waals surface area (Å²) >= 11 is 0. The number of alkyl halides is 3. The lowest BCUT2D eigenvalue weighted by atomic mass is 10.2. The molecule has 1 aliphatic rings. The summed E-state index contributed by atoms with van der Waals surface area (Å²) in [7, 11) is 0. The van der Waals surface area contributed by atoms with Crippen molar-refractivity contribution >= 4 is 5.82 Å². The lowest BCUT2D eigenvalue weighted by Crippen LogP contribution is -2.51. The molecule has 5 nitrogen and oxygen atoms in total. The third-order valence-corrected chi connectivity index (χ3v) is 3.09. The molecule has 1 unspecified atom stereocenters. The zero-order valence-electron chi connectivity index (χ0n) is 11.2. The molecule has 1 fully saturated rings. The SMILES string of the molecule is CCNCC1COCCN1c1ccc(C(F)(F)F)nn1. The van der Waals surface area contributed by atoms with E-state index in [1.54, 1.807) is 0 Å². The Bertz CT molecular complexity index is 424. The van der Waals surface area contributed by atoms with Crippen molar-refractivity contribution in [1.29, 1.82) is 0 Å². The Morgan fingerprint density at radius 3 is 2.80 bits per heavy atom. The second-order valence-electron chi connectivity index (χ2n) is 4.50. The number of hydrogen-bond donors (Lipinski definition) is 1. The number of hydrogen-bond acceptors (Lipinski definition) is 5. The Hall–Kier alpha value is -1.41. The molecule has 1 aromatic rings. The predicted molar refractivity (Wildman–Crippen MR) is 67.5 cm³/mol. The summed E-state index contributed by atoms with van der Waals surface area (Å²) in [6.07, 6.45) is -4.46. The number of nitrogens with zero attached hydrogens (tertiary/aromatic N) is 3. The molecule has 2 rings (SSSR count). The van der Waals surface area contributed by atoms with Gasteiger partial charge in [0.1, 0.15) is 0 Å². The topological polar surface area (TPSA) is 50.3 Å². The predicted octanol–water partition coefficient (Wildman–Crippen LogP) is 1.31. The molecule has 0 aromatic carbocycles. The molecular weight excluding hydrogens is 273 g/mol. The summed E-state index contributed by atoms with van der Waals surface area (Å²) < 4.78 is 42.8. The second-order valence-corrected chi connectivity index (χ2v) is 4.50. The van der Waals surface area contributed by atoms with E-state index in [0.717, 1.165) is 12.6 Å². The number of rotatable bonds is 4. The molecule has 0 spiro atoms. The van der Waals surface area contributed by atoms with E-state index in [0.29, 0.717) is 32.1 Å². The molecule has 0 amide bonds. The van der Waals surface area contributed by atoms with Gasteiger partial charge in [-0.25, -0.2) is 0 Å². The van der Waals surface area contributed by atoms with Crippen LogP contribution in [-0.2, 0) is 10.9 Å². The smallest absolute Gasteiger partial charge is 0.377 e. The van der Waals surface area contributed by atoms with E-state index in [1.165, 1.54) is 6.07 Å². The van der Waals surface area contributed by atoms with Crippen molar-refractivity contribution in [3.8, 4) is 0 Å². The van der Waals surface area contributed by atoms with Crippen LogP contribution in [-0.4, -0.2) is 49.1 Å². The molecule has 0 saturated carbocycles. The molecule has 1 aliphatic heterocycles. The van der Waals surface area contributed by atoms with E-state index in [-0.39, 0.29) is 6.04 Å². The number of aromatic nitrogens is 2. The minimum Gasteiger partial charge on any atom is -0.377 e. The molecule has 0 aliphatic carbocycles. The van der Waals surface area contributed by atoms with Gasteiger partial charge in [0.05, 0.1) is 19.3 Å². The zero-order chi connectivity index (χ0) is 14.6. The third kappa shape index (κ3) is 3.57. The highest BCUT2D eigenvalue weighted by atomic mass is 19.4. The van der Waals surface area contributed by atoms with Crippen LogP contribution in [0.4, 0.5) is 19.0 Å². The standard InChI is InChI=1S/C12H17F3N4O/c1-2-16-7-9-8-20-6-5-19(9)11-4-3-10(17-18-11)12(13,14)15/h3-4,9,16H,2,5-8H2,1H3. The van der Waals surface area contributed by atoms with Crippen molar-refractivity contribution in [3.63, 3.8) is 0 Å². The van der Waals surface area contributed by atoms with E-state index in [1.807, 2.05) is 11.8 Å². The largest absolute Gasteiger partial charge is 0.435 e. The fourth-order valence-corrected chi connectivity index (χ4v) is 2.07. The maximum Gasteiger partial charge on any atom is 0.435 e. The first-order chi connectivity index (χ1) is 9.52. The van der Waals surface area contributed by atoms with Crippen LogP contribution in [0.2, 0.25) is 0 Å². The van der Waals surface area contributed by atoms with Gasteiger partial charge in [0.15, 0.2) is 11.5 Å². The zero-order valence-corrected chi connectivity index (χ0v) is 11.2. The molecule has 1 saturated heterocycles. The van der Waals surface area contributed by atoms with Crippen LogP contribution in [0.25, 0.3) is 0 Å². The highest BCUT2D eigenvalue weighted by Crippen LogP contribution is 2.28. The molecule has 1 N–H and O–H groups in total. The maximum atomic E-state index is 12.5. The Morgan fingerprint density at radius 2 is 2.20 bits per heavy atom. The van der Waals surface area contributed by atoms with Gasteiger partial charge in [-0.2, -0.15) is 13.2 Å². The van der Waals surface area contributed by atoms with Gasteiger partial charge in [0.2, 0.25) is 0 Å². The lowest BCUT2D eigenvalue weighted by molar-refractivity contribution is -0.141. The van der Waals surface area contributed by atoms with Crippen molar-refractivity contribution in [2.75, 3.05) is 37.7 Å². The van der Waals surface area contributed by atoms with Gasteiger partial charge in [-0.1, -0.05) is 6.92 Å². The number of anilines is 1. The van der Waals surface area contributed by atoms with E-state index >= 15 is 0 Å². The van der Waals surface area contributed by atoms with Crippen LogP contribution in [0.5, 0.6) is 0 Å². The van der Waals surface area contributed by atoms with Crippen molar-refractivity contribution in [1.82, 2.24) is 15.5 Å². The highest BCUT2D eigenvalue weighted by Gasteiger charge is 2.33. The van der Waals surface area contributed by atoms with Gasteiger partial charge in [-0.15, -0.1) is 10.2 Å². The molecule has 8 heteroatoms. The number of nitrogens with one attached hydrogen (secondary N) is 1. The van der Waals surface area contributed by atoms with Gasteiger partial charge in [0.25, 0.3) is 0 Å². The molecule has 1 atom stereocenters. The van der Waals surface area contributed by atoms with Gasteiger partial charge in [-0.05, 0) is 18.7 Å². The first-order valence-electron chi connectivity index (χ1n) is 6.48. The fraction of sp³-hybridized carbons (Fsp3) is 0.667. The van der Waals surface area contributed by atoms with E-state index in [9.17, 15) is 13.2 Å². The van der Waals surface area contributed by atoms with Crippen molar-refractivity contribution in [3.05, 3.63) is 17.8 Å². The summed E-state index contributed by atoms with van der Waals surface area (Å²) in [6, 6.07) is 2.37. The average molecular weight is 290 g/mol. The number of ether oxygens (including phenoxy) is 1. The third-order valence-electron chi connectivity index (χ3n) is 3.09. The van der Waals surface area contributed by atoms with Gasteiger partial charge in [0, 0.05) is 13.1 Å². The Balaban J connectivity index is 2.11. The van der Waals surface area contributed by atoms with Crippen molar-refractivity contribution in [2.24, 2.45) is 0 Å². The first kappa shape index (κ1) is 15.0. The highest BCUT2D eigenvalue weighted by molar-refractivity contribution is 5.39. The van der Waals surface area contributed by atoms with Crippen LogP contribution in [0, 0.1) is 0 Å². The Labute approximate surface area is 115 Å². The fourth-order valence-electron chi connectivity index (χ4n) is 2.07. The summed E-state index contributed by atoms with van der Waals surface area (Å²) in [4.78, 5) is 1.93. The average Bonchev–Trinajstić information content (AvgIpc) is 2.45. The summed E-state index contributed by atoms with van der Waals surface area (Å²) in [5.41, 5.74) is -0.974. The van der Waals surface area contributed by atoms with E-state index < -0.39 is 11.9 Å². The number of likely N-dealkylation sites (N-methyl/N-ethyl adjacent to an activating group) is 1. The molecule has 1 aromatic heterocycles. The number of halogens is 3. The summed E-state index contributed by atoms with van der Waals surface area (Å²) in [5.74, 6) is 0.448. The molecule has 0 bridgehead atoms. The van der Waals surface area contributed by atoms with E-state index in [4.69, 9.17) is 4.74 Å². The van der Waals surface area contributed by atoms with Crippen molar-refractivity contribution in [2.45, 2.75) is 19.1 Å². The lowest BCUT2D eigenvalue weighted by Gasteiger charge is -2.36. The van der Waals surface area contributed by atoms with E-state index in [2.05, 4.69) is 15.5 Å². The Kier molecular flexibility index (Phi) is 4.77. The molecule has 20 heavy (non-hydrogen) atoms. The van der Waals surface area contributed by atoms with Gasteiger partial charge >= 0.3 is 6.18 Å². The molecule has 2 heterocycles. The summed E-state index contributed by atoms with van der Waals surface area (Å²) in [6.45, 7) is 5.16. The van der Waals surface area contributed by atoms with Crippen LogP contribution in [0.15, 0.2) is 12.1 Å². The van der Waals surface area contributed by atoms with Crippen LogP contribution in [0.3, 0.4) is 0 Å². The van der Waals surface area contributed by atoms with Crippen LogP contribution in [0.1, 0.15) is 12.6 Å². The van der Waals surface area contributed by atoms with Gasteiger partial charge < -0.3 is 15.0 Å².